The average molecular weight is 323 g/mol. The van der Waals surface area contributed by atoms with Gasteiger partial charge in [0.2, 0.25) is 0 Å². The monoisotopic (exact) mass is 323 g/mol. The molecule has 1 aromatic carbocycles. The van der Waals surface area contributed by atoms with Gasteiger partial charge >= 0.3 is 6.18 Å². The van der Waals surface area contributed by atoms with Crippen LogP contribution in [0.1, 0.15) is 30.9 Å². The minimum Gasteiger partial charge on any atom is -0.371 e. The van der Waals surface area contributed by atoms with E-state index >= 15 is 0 Å². The smallest absolute Gasteiger partial charge is 0.371 e. The van der Waals surface area contributed by atoms with Gasteiger partial charge in [0.1, 0.15) is 0 Å². The van der Waals surface area contributed by atoms with E-state index < -0.39 is 11.7 Å². The molecule has 0 radical (unpaired) electrons. The number of nitrogens with zero attached hydrogens (tertiary/aromatic N) is 3. The lowest BCUT2D eigenvalue weighted by Gasteiger charge is -2.25. The van der Waals surface area contributed by atoms with E-state index in [2.05, 4.69) is 16.7 Å². The number of hydrogen-bond acceptors (Lipinski definition) is 3. The summed E-state index contributed by atoms with van der Waals surface area (Å²) in [7, 11) is 0. The average Bonchev–Trinajstić information content (AvgIpc) is 3.13. The van der Waals surface area contributed by atoms with Crippen LogP contribution in [0.15, 0.2) is 18.2 Å². The van der Waals surface area contributed by atoms with Crippen molar-refractivity contribution in [2.75, 3.05) is 37.6 Å². The van der Waals surface area contributed by atoms with Gasteiger partial charge in [-0.3, -0.25) is 0 Å². The highest BCUT2D eigenvalue weighted by atomic mass is 19.4. The van der Waals surface area contributed by atoms with Crippen molar-refractivity contribution < 1.29 is 13.2 Å². The minimum atomic E-state index is -4.48. The Kier molecular flexibility index (Phi) is 4.01. The molecular weight excluding hydrogens is 303 g/mol. The van der Waals surface area contributed by atoms with Crippen molar-refractivity contribution in [2.24, 2.45) is 5.41 Å². The lowest BCUT2D eigenvalue weighted by atomic mass is 9.86. The summed E-state index contributed by atoms with van der Waals surface area (Å²) in [5, 5.41) is 9.05. The normalized spacial score (nSPS) is 25.3. The van der Waals surface area contributed by atoms with Crippen molar-refractivity contribution in [2.45, 2.75) is 25.9 Å². The first-order valence-corrected chi connectivity index (χ1v) is 7.95. The van der Waals surface area contributed by atoms with Gasteiger partial charge in [-0.15, -0.1) is 0 Å². The SMILES string of the molecule is CCN1CCC2(CCN(c3ccc(C(F)(F)F)c(C#N)c3)C2)C1. The van der Waals surface area contributed by atoms with Gasteiger partial charge in [-0.2, -0.15) is 18.4 Å². The van der Waals surface area contributed by atoms with E-state index in [0.29, 0.717) is 0 Å². The van der Waals surface area contributed by atoms with Crippen LogP contribution in [-0.4, -0.2) is 37.6 Å². The molecule has 23 heavy (non-hydrogen) atoms. The Morgan fingerprint density at radius 2 is 1.96 bits per heavy atom. The number of nitriles is 1. The van der Waals surface area contributed by atoms with Crippen LogP contribution in [0.5, 0.6) is 0 Å². The fourth-order valence-electron chi connectivity index (χ4n) is 3.85. The first-order valence-electron chi connectivity index (χ1n) is 7.95. The molecule has 2 saturated heterocycles. The molecule has 2 fully saturated rings. The van der Waals surface area contributed by atoms with Gasteiger partial charge in [-0.1, -0.05) is 6.92 Å². The van der Waals surface area contributed by atoms with Crippen molar-refractivity contribution in [1.29, 1.82) is 5.26 Å². The number of likely N-dealkylation sites (tertiary alicyclic amines) is 1. The summed E-state index contributed by atoms with van der Waals surface area (Å²) in [6.07, 6.45) is -2.28. The van der Waals surface area contributed by atoms with Crippen molar-refractivity contribution in [3.8, 4) is 6.07 Å². The van der Waals surface area contributed by atoms with Gasteiger partial charge in [0, 0.05) is 30.7 Å². The highest BCUT2D eigenvalue weighted by Gasteiger charge is 2.43. The second kappa shape index (κ2) is 5.72. The molecule has 2 heterocycles. The van der Waals surface area contributed by atoms with Crippen LogP contribution < -0.4 is 4.90 Å². The lowest BCUT2D eigenvalue weighted by Crippen LogP contribution is -2.30. The maximum atomic E-state index is 12.9. The van der Waals surface area contributed by atoms with E-state index in [0.717, 1.165) is 57.3 Å². The minimum absolute atomic E-state index is 0.255. The fourth-order valence-corrected chi connectivity index (χ4v) is 3.85. The molecule has 0 bridgehead atoms. The molecule has 1 unspecified atom stereocenters. The molecular formula is C17H20F3N3. The molecule has 0 aromatic heterocycles. The standard InChI is InChI=1S/C17H20F3N3/c1-2-22-7-5-16(11-22)6-8-23(12-16)14-3-4-15(17(18,19)20)13(9-14)10-21/h3-4,9H,2,5-8,11-12H2,1H3. The van der Waals surface area contributed by atoms with Gasteiger partial charge < -0.3 is 9.80 Å². The summed E-state index contributed by atoms with van der Waals surface area (Å²) in [6.45, 7) is 7.06. The number of anilines is 1. The van der Waals surface area contributed by atoms with E-state index in [-0.39, 0.29) is 11.0 Å². The van der Waals surface area contributed by atoms with Crippen LogP contribution in [0.2, 0.25) is 0 Å². The van der Waals surface area contributed by atoms with Gasteiger partial charge in [0.05, 0.1) is 17.2 Å². The number of rotatable bonds is 2. The van der Waals surface area contributed by atoms with Crippen LogP contribution in [0, 0.1) is 16.7 Å². The molecule has 2 aliphatic rings. The molecule has 0 N–H and O–H groups in total. The van der Waals surface area contributed by atoms with Crippen LogP contribution in [0.3, 0.4) is 0 Å². The molecule has 3 rings (SSSR count). The number of hydrogen-bond donors (Lipinski definition) is 0. The van der Waals surface area contributed by atoms with Gasteiger partial charge in [0.25, 0.3) is 0 Å². The summed E-state index contributed by atoms with van der Waals surface area (Å²) < 4.78 is 38.7. The molecule has 3 nitrogen and oxygen atoms in total. The fraction of sp³-hybridized carbons (Fsp3) is 0.588. The maximum Gasteiger partial charge on any atom is 0.417 e. The maximum absolute atomic E-state index is 12.9. The van der Waals surface area contributed by atoms with Gasteiger partial charge in [-0.05, 0) is 44.1 Å². The highest BCUT2D eigenvalue weighted by molar-refractivity contribution is 5.56. The summed E-state index contributed by atoms with van der Waals surface area (Å²) >= 11 is 0. The highest BCUT2D eigenvalue weighted by Crippen LogP contribution is 2.42. The summed E-state index contributed by atoms with van der Waals surface area (Å²) in [6, 6.07) is 5.60. The van der Waals surface area contributed by atoms with Crippen molar-refractivity contribution in [3.63, 3.8) is 0 Å². The molecule has 0 saturated carbocycles. The van der Waals surface area contributed by atoms with Crippen LogP contribution in [0.4, 0.5) is 18.9 Å². The van der Waals surface area contributed by atoms with E-state index in [1.807, 2.05) is 0 Å². The Morgan fingerprint density at radius 3 is 2.57 bits per heavy atom. The van der Waals surface area contributed by atoms with Crippen molar-refractivity contribution in [3.05, 3.63) is 29.3 Å². The molecule has 0 aliphatic carbocycles. The number of benzene rings is 1. The second-order valence-corrected chi connectivity index (χ2v) is 6.63. The third-order valence-corrected chi connectivity index (χ3v) is 5.20. The topological polar surface area (TPSA) is 30.3 Å². The zero-order chi connectivity index (χ0) is 16.7. The van der Waals surface area contributed by atoms with Crippen molar-refractivity contribution in [1.82, 2.24) is 4.90 Å². The Hall–Kier alpha value is -1.74. The Bertz CT molecular complexity index is 635. The largest absolute Gasteiger partial charge is 0.417 e. The van der Waals surface area contributed by atoms with Crippen LogP contribution in [-0.2, 0) is 6.18 Å². The molecule has 1 aromatic rings. The molecule has 6 heteroatoms. The zero-order valence-electron chi connectivity index (χ0n) is 13.2. The van der Waals surface area contributed by atoms with E-state index in [1.165, 1.54) is 12.1 Å². The van der Waals surface area contributed by atoms with Crippen LogP contribution in [0.25, 0.3) is 0 Å². The second-order valence-electron chi connectivity index (χ2n) is 6.63. The van der Waals surface area contributed by atoms with Gasteiger partial charge in [-0.25, -0.2) is 0 Å². The Balaban J connectivity index is 1.80. The predicted molar refractivity (Wildman–Crippen MR) is 82.2 cm³/mol. The molecule has 124 valence electrons. The predicted octanol–water partition coefficient (Wildman–Crippen LogP) is 3.50. The molecule has 1 atom stereocenters. The quantitative estimate of drug-likeness (QED) is 0.834. The van der Waals surface area contributed by atoms with Gasteiger partial charge in [0.15, 0.2) is 0 Å². The number of halogens is 3. The molecule has 2 aliphatic heterocycles. The summed E-state index contributed by atoms with van der Waals surface area (Å²) in [5.74, 6) is 0. The number of alkyl halides is 3. The van der Waals surface area contributed by atoms with E-state index in [1.54, 1.807) is 6.07 Å². The third-order valence-electron chi connectivity index (χ3n) is 5.20. The van der Waals surface area contributed by atoms with Crippen LogP contribution >= 0.6 is 0 Å². The Morgan fingerprint density at radius 1 is 1.22 bits per heavy atom. The Labute approximate surface area is 134 Å². The van der Waals surface area contributed by atoms with E-state index in [4.69, 9.17) is 5.26 Å². The molecule has 0 amide bonds. The zero-order valence-corrected chi connectivity index (χ0v) is 13.2. The first-order chi connectivity index (χ1) is 10.9. The van der Waals surface area contributed by atoms with E-state index in [9.17, 15) is 13.2 Å². The molecule has 1 spiro atoms. The first kappa shape index (κ1) is 16.1. The summed E-state index contributed by atoms with van der Waals surface area (Å²) in [4.78, 5) is 4.55. The lowest BCUT2D eigenvalue weighted by molar-refractivity contribution is -0.137. The van der Waals surface area contributed by atoms with Crippen molar-refractivity contribution >= 4 is 5.69 Å². The third kappa shape index (κ3) is 3.02. The summed E-state index contributed by atoms with van der Waals surface area (Å²) in [5.41, 5.74) is -0.166.